The van der Waals surface area contributed by atoms with Gasteiger partial charge in [-0.05, 0) is 6.92 Å². The number of rotatable bonds is 2. The molecule has 12 nitrogen and oxygen atoms in total. The zero-order chi connectivity index (χ0) is 8.62. The number of halogens is 1. The number of hydrogen-bond acceptors (Lipinski definition) is 6. The summed E-state index contributed by atoms with van der Waals surface area (Å²) in [5, 5.41) is 7.57. The van der Waals surface area contributed by atoms with Crippen molar-refractivity contribution in [1.29, 1.82) is 0 Å². The number of hydroxylamine groups is 1. The molecule has 0 atom stereocenters. The number of aliphatic hydroxyl groups excluding tert-OH is 1. The maximum Gasteiger partial charge on any atom is 0.176 e. The van der Waals surface area contributed by atoms with Crippen LogP contribution in [-0.4, -0.2) is 51.6 Å². The Bertz CT molecular complexity index is 74.2. The van der Waals surface area contributed by atoms with Gasteiger partial charge in [-0.1, -0.05) is 5.48 Å². The molecule has 0 rings (SSSR count). The zero-order valence-electron chi connectivity index (χ0n) is 9.07. The molecule has 0 aliphatic rings. The van der Waals surface area contributed by atoms with Gasteiger partial charge in [-0.25, -0.2) is 0 Å². The Morgan fingerprint density at radius 3 is 1.18 bits per heavy atom. The molecule has 14 N–H and O–H groups in total. The van der Waals surface area contributed by atoms with Crippen LogP contribution in [0.15, 0.2) is 0 Å². The van der Waals surface area contributed by atoms with Gasteiger partial charge < -0.3 is 38.0 Å². The van der Waals surface area contributed by atoms with Gasteiger partial charge in [-0.15, -0.1) is 0 Å². The monoisotopic (exact) mass is 335 g/mol. The normalized spacial score (nSPS) is 6.00. The van der Waals surface area contributed by atoms with E-state index in [4.69, 9.17) is 5.11 Å². The fourth-order valence-electron chi connectivity index (χ4n) is 0.0945. The molecule has 0 saturated heterocycles. The van der Waals surface area contributed by atoms with Crippen molar-refractivity contribution >= 4 is 0 Å². The van der Waals surface area contributed by atoms with Crippen molar-refractivity contribution in [2.75, 3.05) is 13.7 Å². The fraction of sp³-hybridized carbons (Fsp3) is 1.00. The summed E-state index contributed by atoms with van der Waals surface area (Å²) in [6.07, 6.45) is 0. The predicted octanol–water partition coefficient (Wildman–Crippen LogP) is -8.92. The quantitative estimate of drug-likeness (QED) is 0.460. The van der Waals surface area contributed by atoms with Crippen LogP contribution in [0.25, 0.3) is 0 Å². The van der Waals surface area contributed by atoms with E-state index in [9.17, 15) is 14.0 Å². The van der Waals surface area contributed by atoms with Crippen LogP contribution < -0.4 is 19.5 Å². The van der Waals surface area contributed by atoms with E-state index in [0.29, 0.717) is 0 Å². The third-order valence-corrected chi connectivity index (χ3v) is 0.515. The summed E-state index contributed by atoms with van der Waals surface area (Å²) < 4.78 is 31.5. The van der Waals surface area contributed by atoms with E-state index >= 15 is 0 Å². The van der Waals surface area contributed by atoms with Crippen molar-refractivity contribution in [3.05, 3.63) is 0 Å². The third-order valence-electron chi connectivity index (χ3n) is 0.172. The average Bonchev–Trinajstić information content (AvgIpc) is 1.63. The van der Waals surface area contributed by atoms with E-state index in [1.54, 1.807) is 12.4 Å². The van der Waals surface area contributed by atoms with Gasteiger partial charge in [0.15, 0.2) is 4.39 Å². The molecule has 0 unspecified atom stereocenters. The summed E-state index contributed by atoms with van der Waals surface area (Å²) in [7, 11) is -3.12. The van der Waals surface area contributed by atoms with Crippen molar-refractivity contribution in [3.63, 3.8) is 0 Å². The van der Waals surface area contributed by atoms with E-state index in [-0.39, 0.29) is 56.8 Å². The first kappa shape index (κ1) is 66.6. The molecule has 14 heteroatoms. The van der Waals surface area contributed by atoms with Crippen molar-refractivity contribution in [2.45, 2.75) is 6.92 Å². The van der Waals surface area contributed by atoms with E-state index in [1.165, 1.54) is 7.05 Å². The second-order valence-corrected chi connectivity index (χ2v) is 1.89. The predicted molar refractivity (Wildman–Crippen MR) is 44.6 cm³/mol. The van der Waals surface area contributed by atoms with E-state index in [2.05, 4.69) is 4.39 Å². The minimum absolute atomic E-state index is 0. The first-order chi connectivity index (χ1) is 4.47. The van der Waals surface area contributed by atoms with Gasteiger partial charge in [0.2, 0.25) is 0 Å². The summed E-state index contributed by atoms with van der Waals surface area (Å²) in [6, 6.07) is 0. The SMILES string of the molecule is CCO.CNO[Cl+3]([O-])([O-])[O-].O.O.O.O.O.O.[Cr]. The van der Waals surface area contributed by atoms with Gasteiger partial charge in [-0.2, -0.15) is 14.0 Å². The molecule has 0 heterocycles. The van der Waals surface area contributed by atoms with Crippen LogP contribution in [0.5, 0.6) is 0 Å². The van der Waals surface area contributed by atoms with Crippen molar-refractivity contribution in [1.82, 2.24) is 5.48 Å². The Labute approximate surface area is 110 Å². The second kappa shape index (κ2) is 44.1. The molecule has 118 valence electrons. The Kier molecular flexibility index (Phi) is 173. The third kappa shape index (κ3) is 178. The van der Waals surface area contributed by atoms with Crippen LogP contribution >= 0.6 is 0 Å². The van der Waals surface area contributed by atoms with Crippen molar-refractivity contribution in [2.24, 2.45) is 0 Å². The summed E-state index contributed by atoms with van der Waals surface area (Å²) in [4.78, 5) is 0. The molecule has 0 aromatic rings. The van der Waals surface area contributed by atoms with Crippen molar-refractivity contribution < 1.29 is 83.9 Å². The first-order valence-electron chi connectivity index (χ1n) is 2.34. The number of hydrogen-bond donors (Lipinski definition) is 2. The van der Waals surface area contributed by atoms with Gasteiger partial charge in [0, 0.05) is 31.0 Å². The second-order valence-electron chi connectivity index (χ2n) is 0.975. The van der Waals surface area contributed by atoms with Crippen LogP contribution in [0.1, 0.15) is 6.92 Å². The molecule has 0 bridgehead atoms. The maximum absolute atomic E-state index is 9.36. The van der Waals surface area contributed by atoms with Gasteiger partial charge in [0.1, 0.15) is 10.2 Å². The van der Waals surface area contributed by atoms with E-state index in [1.807, 2.05) is 0 Å². The zero-order valence-corrected chi connectivity index (χ0v) is 11.1. The van der Waals surface area contributed by atoms with Crippen LogP contribution in [-0.2, 0) is 21.8 Å². The molecule has 0 fully saturated rings. The molecule has 0 amide bonds. The molecular weight excluding hydrogens is 313 g/mol. The molecule has 0 spiro atoms. The van der Waals surface area contributed by atoms with E-state index in [0.717, 1.165) is 0 Å². The molecule has 0 aromatic carbocycles. The summed E-state index contributed by atoms with van der Waals surface area (Å²) >= 11 is 0. The molecule has 0 saturated carbocycles. The van der Waals surface area contributed by atoms with Gasteiger partial charge in [0.05, 0.1) is 0 Å². The standard InChI is InChI=1S/C2H6O.CH4ClNO4.Cr.6H2O/c1-2-3;1-3-7-2(4,5)6;;;;;;;/h3H,2H2,1H3;3H,1H3;;6*1H2. The van der Waals surface area contributed by atoms with Gasteiger partial charge >= 0.3 is 0 Å². The average molecular weight is 336 g/mol. The summed E-state index contributed by atoms with van der Waals surface area (Å²) in [6.45, 7) is 1.93. The fourth-order valence-corrected chi connectivity index (χ4v) is 0.283. The molecule has 0 aromatic heterocycles. The van der Waals surface area contributed by atoms with Crippen molar-refractivity contribution in [3.8, 4) is 0 Å². The summed E-state index contributed by atoms with van der Waals surface area (Å²) in [5.74, 6) is 0. The van der Waals surface area contributed by atoms with Crippen LogP contribution in [0.3, 0.4) is 0 Å². The smallest absolute Gasteiger partial charge is 0.176 e. The van der Waals surface area contributed by atoms with Crippen LogP contribution in [0.4, 0.5) is 0 Å². The molecule has 0 radical (unpaired) electrons. The summed E-state index contributed by atoms with van der Waals surface area (Å²) in [5.41, 5.74) is 1.69. The number of aliphatic hydroxyl groups is 1. The Morgan fingerprint density at radius 2 is 1.18 bits per heavy atom. The van der Waals surface area contributed by atoms with E-state index < -0.39 is 10.2 Å². The Hall–Kier alpha value is 0.342. The topological polar surface area (TPSA) is 300 Å². The van der Waals surface area contributed by atoms with Gasteiger partial charge in [0.25, 0.3) is 0 Å². The minimum atomic E-state index is -4.29. The maximum atomic E-state index is 9.36. The molecule has 17 heavy (non-hydrogen) atoms. The Morgan fingerprint density at radius 1 is 1.00 bits per heavy atom. The Balaban J connectivity index is -0.00000000849. The first-order valence-corrected chi connectivity index (χ1v) is 3.58. The van der Waals surface area contributed by atoms with Crippen LogP contribution in [0, 0.1) is 10.2 Å². The van der Waals surface area contributed by atoms with Crippen LogP contribution in [0.2, 0.25) is 0 Å². The molecular formula is C3H22ClCrNO11. The number of nitrogens with one attached hydrogen (secondary N) is 1. The van der Waals surface area contributed by atoms with Gasteiger partial charge in [-0.3, -0.25) is 0 Å². The molecule has 0 aliphatic heterocycles. The largest absolute Gasteiger partial charge is 0.412 e. The minimum Gasteiger partial charge on any atom is -0.412 e. The molecule has 0 aliphatic carbocycles.